The molecule has 2 heteroatoms. The van der Waals surface area contributed by atoms with Crippen LogP contribution < -0.4 is 5.32 Å². The van der Waals surface area contributed by atoms with Crippen LogP contribution in [0.3, 0.4) is 0 Å². The van der Waals surface area contributed by atoms with Crippen LogP contribution in [0.2, 0.25) is 0 Å². The standard InChI is InChI=1S/C16H33NO/c1-13(2)11-9-7-6-8-10-12-17-16(18)15(5)14(3)4/h13-15H,6-12H2,1-5H3,(H,17,18). The van der Waals surface area contributed by atoms with Crippen molar-refractivity contribution in [3.05, 3.63) is 0 Å². The van der Waals surface area contributed by atoms with Crippen LogP contribution in [0.25, 0.3) is 0 Å². The fourth-order valence-electron chi connectivity index (χ4n) is 1.88. The van der Waals surface area contributed by atoms with Crippen molar-refractivity contribution >= 4 is 5.91 Å². The number of carbonyl (C=O) groups excluding carboxylic acids is 1. The van der Waals surface area contributed by atoms with Gasteiger partial charge in [-0.05, 0) is 18.3 Å². The lowest BCUT2D eigenvalue weighted by Crippen LogP contribution is -2.32. The van der Waals surface area contributed by atoms with Crippen molar-refractivity contribution in [2.75, 3.05) is 6.54 Å². The van der Waals surface area contributed by atoms with E-state index >= 15 is 0 Å². The maximum atomic E-state index is 11.7. The second kappa shape index (κ2) is 10.4. The molecule has 0 aliphatic rings. The summed E-state index contributed by atoms with van der Waals surface area (Å²) in [6, 6.07) is 0. The Morgan fingerprint density at radius 2 is 1.44 bits per heavy atom. The number of amides is 1. The Hall–Kier alpha value is -0.530. The summed E-state index contributed by atoms with van der Waals surface area (Å²) in [5, 5.41) is 3.03. The lowest BCUT2D eigenvalue weighted by atomic mass is 9.97. The van der Waals surface area contributed by atoms with Crippen LogP contribution in [0.4, 0.5) is 0 Å². The minimum absolute atomic E-state index is 0.135. The molecule has 0 saturated heterocycles. The van der Waals surface area contributed by atoms with Gasteiger partial charge in [0.2, 0.25) is 5.91 Å². The minimum atomic E-state index is 0.135. The molecule has 0 aromatic carbocycles. The largest absolute Gasteiger partial charge is 0.356 e. The Balaban J connectivity index is 3.33. The van der Waals surface area contributed by atoms with Crippen molar-refractivity contribution in [3.8, 4) is 0 Å². The maximum Gasteiger partial charge on any atom is 0.223 e. The van der Waals surface area contributed by atoms with Gasteiger partial charge in [-0.2, -0.15) is 0 Å². The van der Waals surface area contributed by atoms with E-state index in [-0.39, 0.29) is 11.8 Å². The van der Waals surface area contributed by atoms with Gasteiger partial charge in [-0.25, -0.2) is 0 Å². The van der Waals surface area contributed by atoms with Gasteiger partial charge in [-0.3, -0.25) is 4.79 Å². The van der Waals surface area contributed by atoms with Gasteiger partial charge in [0, 0.05) is 12.5 Å². The molecule has 108 valence electrons. The van der Waals surface area contributed by atoms with Crippen LogP contribution in [-0.4, -0.2) is 12.5 Å². The highest BCUT2D eigenvalue weighted by molar-refractivity contribution is 5.78. The molecule has 1 amide bonds. The van der Waals surface area contributed by atoms with Crippen LogP contribution in [0.5, 0.6) is 0 Å². The zero-order valence-corrected chi connectivity index (χ0v) is 13.1. The molecule has 18 heavy (non-hydrogen) atoms. The average Bonchev–Trinajstić information content (AvgIpc) is 2.30. The zero-order chi connectivity index (χ0) is 14.0. The highest BCUT2D eigenvalue weighted by atomic mass is 16.1. The van der Waals surface area contributed by atoms with Gasteiger partial charge < -0.3 is 5.32 Å². The molecule has 0 aliphatic heterocycles. The molecule has 1 N–H and O–H groups in total. The lowest BCUT2D eigenvalue weighted by molar-refractivity contribution is -0.125. The summed E-state index contributed by atoms with van der Waals surface area (Å²) in [7, 11) is 0. The van der Waals surface area contributed by atoms with Crippen molar-refractivity contribution in [2.24, 2.45) is 17.8 Å². The molecule has 0 rings (SSSR count). The third kappa shape index (κ3) is 9.49. The van der Waals surface area contributed by atoms with Crippen molar-refractivity contribution in [3.63, 3.8) is 0 Å². The fraction of sp³-hybridized carbons (Fsp3) is 0.938. The van der Waals surface area contributed by atoms with Crippen molar-refractivity contribution in [2.45, 2.75) is 73.1 Å². The summed E-state index contributed by atoms with van der Waals surface area (Å²) in [4.78, 5) is 11.7. The van der Waals surface area contributed by atoms with Crippen LogP contribution >= 0.6 is 0 Å². The summed E-state index contributed by atoms with van der Waals surface area (Å²) < 4.78 is 0. The van der Waals surface area contributed by atoms with E-state index in [0.717, 1.165) is 18.9 Å². The first-order valence-corrected chi connectivity index (χ1v) is 7.72. The summed E-state index contributed by atoms with van der Waals surface area (Å²) in [6.45, 7) is 11.6. The highest BCUT2D eigenvalue weighted by Gasteiger charge is 2.15. The van der Waals surface area contributed by atoms with E-state index in [9.17, 15) is 4.79 Å². The summed E-state index contributed by atoms with van der Waals surface area (Å²) in [5.41, 5.74) is 0. The van der Waals surface area contributed by atoms with Gasteiger partial charge in [0.25, 0.3) is 0 Å². The molecule has 0 aromatic rings. The van der Waals surface area contributed by atoms with E-state index in [1.165, 1.54) is 32.1 Å². The predicted octanol–water partition coefficient (Wildman–Crippen LogP) is 4.39. The highest BCUT2D eigenvalue weighted by Crippen LogP contribution is 2.11. The molecular formula is C16H33NO. The molecule has 0 bridgehead atoms. The molecule has 0 fully saturated rings. The normalized spacial score (nSPS) is 13.1. The van der Waals surface area contributed by atoms with E-state index in [1.54, 1.807) is 0 Å². The second-order valence-corrected chi connectivity index (χ2v) is 6.27. The van der Waals surface area contributed by atoms with Crippen LogP contribution in [-0.2, 0) is 4.79 Å². The topological polar surface area (TPSA) is 29.1 Å². The van der Waals surface area contributed by atoms with Gasteiger partial charge in [0.05, 0.1) is 0 Å². The first-order chi connectivity index (χ1) is 8.45. The predicted molar refractivity (Wildman–Crippen MR) is 79.6 cm³/mol. The summed E-state index contributed by atoms with van der Waals surface area (Å²) in [5.74, 6) is 1.61. The van der Waals surface area contributed by atoms with E-state index in [0.29, 0.717) is 5.92 Å². The Kier molecular flexibility index (Phi) is 10.1. The first-order valence-electron chi connectivity index (χ1n) is 7.72. The quantitative estimate of drug-likeness (QED) is 0.576. The first kappa shape index (κ1) is 17.5. The average molecular weight is 255 g/mol. The minimum Gasteiger partial charge on any atom is -0.356 e. The van der Waals surface area contributed by atoms with Crippen LogP contribution in [0, 0.1) is 17.8 Å². The Bertz CT molecular complexity index is 211. The monoisotopic (exact) mass is 255 g/mol. The Morgan fingerprint density at radius 3 is 2.00 bits per heavy atom. The maximum absolute atomic E-state index is 11.7. The zero-order valence-electron chi connectivity index (χ0n) is 13.1. The Morgan fingerprint density at radius 1 is 0.889 bits per heavy atom. The van der Waals surface area contributed by atoms with Crippen molar-refractivity contribution in [1.29, 1.82) is 0 Å². The van der Waals surface area contributed by atoms with Gasteiger partial charge in [-0.15, -0.1) is 0 Å². The molecule has 1 unspecified atom stereocenters. The molecule has 0 aliphatic carbocycles. The molecule has 0 spiro atoms. The molecule has 2 nitrogen and oxygen atoms in total. The number of nitrogens with one attached hydrogen (secondary N) is 1. The molecule has 0 heterocycles. The summed E-state index contributed by atoms with van der Waals surface area (Å²) in [6.07, 6.45) is 7.72. The van der Waals surface area contributed by atoms with Crippen molar-refractivity contribution in [1.82, 2.24) is 5.32 Å². The van der Waals surface area contributed by atoms with E-state index in [4.69, 9.17) is 0 Å². The van der Waals surface area contributed by atoms with Gasteiger partial charge in [-0.1, -0.05) is 66.7 Å². The third-order valence-electron chi connectivity index (χ3n) is 3.67. The molecule has 0 radical (unpaired) electrons. The molecular weight excluding hydrogens is 222 g/mol. The molecule has 1 atom stereocenters. The third-order valence-corrected chi connectivity index (χ3v) is 3.67. The van der Waals surface area contributed by atoms with E-state index in [2.05, 4.69) is 33.0 Å². The number of unbranched alkanes of at least 4 members (excludes halogenated alkanes) is 4. The van der Waals surface area contributed by atoms with Crippen LogP contribution in [0.1, 0.15) is 73.1 Å². The van der Waals surface area contributed by atoms with Gasteiger partial charge in [0.1, 0.15) is 0 Å². The molecule has 0 saturated carbocycles. The Labute approximate surface area is 114 Å². The van der Waals surface area contributed by atoms with Crippen LogP contribution in [0.15, 0.2) is 0 Å². The van der Waals surface area contributed by atoms with Gasteiger partial charge >= 0.3 is 0 Å². The second-order valence-electron chi connectivity index (χ2n) is 6.27. The number of rotatable bonds is 10. The van der Waals surface area contributed by atoms with E-state index < -0.39 is 0 Å². The van der Waals surface area contributed by atoms with E-state index in [1.807, 2.05) is 6.92 Å². The lowest BCUT2D eigenvalue weighted by Gasteiger charge is -2.15. The SMILES string of the molecule is CC(C)CCCCCCCNC(=O)C(C)C(C)C. The number of hydrogen-bond donors (Lipinski definition) is 1. The number of carbonyl (C=O) groups is 1. The van der Waals surface area contributed by atoms with Crippen molar-refractivity contribution < 1.29 is 4.79 Å². The molecule has 0 aromatic heterocycles. The smallest absolute Gasteiger partial charge is 0.223 e. The fourth-order valence-corrected chi connectivity index (χ4v) is 1.88. The number of hydrogen-bond acceptors (Lipinski definition) is 1. The van der Waals surface area contributed by atoms with Gasteiger partial charge in [0.15, 0.2) is 0 Å². The summed E-state index contributed by atoms with van der Waals surface area (Å²) >= 11 is 0.